The quantitative estimate of drug-likeness (QED) is 0.226. The first kappa shape index (κ1) is 24.5. The summed E-state index contributed by atoms with van der Waals surface area (Å²) in [6, 6.07) is 21.3. The molecule has 0 bridgehead atoms. The second kappa shape index (κ2) is 10.8. The van der Waals surface area contributed by atoms with Crippen LogP contribution in [0.5, 0.6) is 17.2 Å². The van der Waals surface area contributed by atoms with Crippen LogP contribution in [0.1, 0.15) is 32.8 Å². The number of rotatable bonds is 9. The summed E-state index contributed by atoms with van der Waals surface area (Å²) in [4.78, 5) is 16.5. The van der Waals surface area contributed by atoms with Crippen LogP contribution in [0.2, 0.25) is 0 Å². The fourth-order valence-corrected chi connectivity index (χ4v) is 5.89. The van der Waals surface area contributed by atoms with Crippen molar-refractivity contribution in [1.29, 1.82) is 0 Å². The summed E-state index contributed by atoms with van der Waals surface area (Å²) in [7, 11) is 0. The standard InChI is InChI=1S/C30H30FNO3S/c1-20-6-5-7-21(2)27(20)28(33)30-29(25-8-3-4-9-26(25)36-30)35-24-12-10-23(11-13-24)34-17-16-32-15-14-22(18-31)19-32/h3-13,22H,14-19H2,1-2H3. The zero-order valence-electron chi connectivity index (χ0n) is 20.6. The Balaban J connectivity index is 1.33. The molecule has 4 aromatic rings. The molecule has 0 amide bonds. The predicted octanol–water partition coefficient (Wildman–Crippen LogP) is 7.21. The number of benzene rings is 3. The van der Waals surface area contributed by atoms with E-state index in [1.807, 2.05) is 80.6 Å². The van der Waals surface area contributed by atoms with Crippen molar-refractivity contribution in [2.75, 3.05) is 32.9 Å². The van der Waals surface area contributed by atoms with Gasteiger partial charge in [0.05, 0.1) is 6.67 Å². The Labute approximate surface area is 215 Å². The van der Waals surface area contributed by atoms with Crippen LogP contribution in [0.3, 0.4) is 0 Å². The van der Waals surface area contributed by atoms with E-state index in [0.717, 1.165) is 58.6 Å². The summed E-state index contributed by atoms with van der Waals surface area (Å²) in [5.41, 5.74) is 2.64. The van der Waals surface area contributed by atoms with Crippen LogP contribution in [0, 0.1) is 19.8 Å². The van der Waals surface area contributed by atoms with Gasteiger partial charge >= 0.3 is 0 Å². The van der Waals surface area contributed by atoms with Gasteiger partial charge in [0.2, 0.25) is 5.78 Å². The highest BCUT2D eigenvalue weighted by Gasteiger charge is 2.24. The van der Waals surface area contributed by atoms with Gasteiger partial charge in [-0.15, -0.1) is 11.3 Å². The van der Waals surface area contributed by atoms with Crippen LogP contribution < -0.4 is 9.47 Å². The average molecular weight is 504 g/mol. The number of fused-ring (bicyclic) bond motifs is 1. The zero-order valence-corrected chi connectivity index (χ0v) is 21.4. The minimum atomic E-state index is -0.240. The molecule has 0 radical (unpaired) electrons. The summed E-state index contributed by atoms with van der Waals surface area (Å²) >= 11 is 1.46. The van der Waals surface area contributed by atoms with E-state index in [1.165, 1.54) is 11.3 Å². The number of aryl methyl sites for hydroxylation is 2. The largest absolute Gasteiger partial charge is 0.492 e. The Morgan fingerprint density at radius 1 is 1.00 bits per heavy atom. The fourth-order valence-electron chi connectivity index (χ4n) is 4.82. The van der Waals surface area contributed by atoms with Crippen molar-refractivity contribution >= 4 is 27.2 Å². The van der Waals surface area contributed by atoms with Crippen LogP contribution in [-0.2, 0) is 0 Å². The number of ketones is 1. The molecule has 1 saturated heterocycles. The molecule has 1 unspecified atom stereocenters. The number of alkyl halides is 1. The lowest BCUT2D eigenvalue weighted by molar-refractivity contribution is 0.103. The molecule has 1 fully saturated rings. The number of thiophene rings is 1. The molecule has 4 nitrogen and oxygen atoms in total. The molecule has 0 aliphatic carbocycles. The third-order valence-corrected chi connectivity index (χ3v) is 7.92. The molecule has 0 spiro atoms. The molecular weight excluding hydrogens is 473 g/mol. The smallest absolute Gasteiger partial charge is 0.207 e. The summed E-state index contributed by atoms with van der Waals surface area (Å²) in [6.07, 6.45) is 0.924. The van der Waals surface area contributed by atoms with E-state index in [1.54, 1.807) is 0 Å². The number of nitrogens with zero attached hydrogens (tertiary/aromatic N) is 1. The molecule has 5 rings (SSSR count). The van der Waals surface area contributed by atoms with Crippen LogP contribution in [-0.4, -0.2) is 43.6 Å². The van der Waals surface area contributed by atoms with Gasteiger partial charge in [0, 0.05) is 34.7 Å². The molecule has 3 aromatic carbocycles. The first-order valence-corrected chi connectivity index (χ1v) is 13.2. The summed E-state index contributed by atoms with van der Waals surface area (Å²) < 4.78 is 26.1. The van der Waals surface area contributed by atoms with Crippen LogP contribution in [0.15, 0.2) is 66.7 Å². The van der Waals surface area contributed by atoms with Crippen molar-refractivity contribution < 1.29 is 18.7 Å². The van der Waals surface area contributed by atoms with Gasteiger partial charge in [-0.3, -0.25) is 14.1 Å². The number of likely N-dealkylation sites (tertiary alicyclic amines) is 1. The Bertz CT molecular complexity index is 1340. The van der Waals surface area contributed by atoms with E-state index in [4.69, 9.17) is 9.47 Å². The SMILES string of the molecule is Cc1cccc(C)c1C(=O)c1sc2ccccc2c1Oc1ccc(OCCN2CCC(CF)C2)cc1. The minimum Gasteiger partial charge on any atom is -0.492 e. The van der Waals surface area contributed by atoms with Crippen LogP contribution >= 0.6 is 11.3 Å². The number of halogens is 1. The first-order valence-electron chi connectivity index (χ1n) is 12.3. The monoisotopic (exact) mass is 503 g/mol. The molecule has 36 heavy (non-hydrogen) atoms. The van der Waals surface area contributed by atoms with E-state index < -0.39 is 0 Å². The van der Waals surface area contributed by atoms with E-state index in [-0.39, 0.29) is 18.4 Å². The fraction of sp³-hybridized carbons (Fsp3) is 0.300. The van der Waals surface area contributed by atoms with Gasteiger partial charge in [-0.1, -0.05) is 30.3 Å². The highest BCUT2D eigenvalue weighted by atomic mass is 32.1. The minimum absolute atomic E-state index is 0.0151. The van der Waals surface area contributed by atoms with Crippen molar-refractivity contribution in [3.8, 4) is 17.2 Å². The van der Waals surface area contributed by atoms with Crippen molar-refractivity contribution in [2.24, 2.45) is 5.92 Å². The lowest BCUT2D eigenvalue weighted by Gasteiger charge is -2.16. The lowest BCUT2D eigenvalue weighted by atomic mass is 9.98. The van der Waals surface area contributed by atoms with E-state index in [0.29, 0.717) is 23.0 Å². The molecule has 2 heterocycles. The number of carbonyl (C=O) groups excluding carboxylic acids is 1. The highest BCUT2D eigenvalue weighted by molar-refractivity contribution is 7.21. The van der Waals surface area contributed by atoms with Gasteiger partial charge in [0.25, 0.3) is 0 Å². The van der Waals surface area contributed by atoms with Gasteiger partial charge in [-0.2, -0.15) is 0 Å². The molecule has 6 heteroatoms. The van der Waals surface area contributed by atoms with Crippen molar-refractivity contribution in [3.63, 3.8) is 0 Å². The lowest BCUT2D eigenvalue weighted by Crippen LogP contribution is -2.26. The number of ether oxygens (including phenoxy) is 2. The second-order valence-electron chi connectivity index (χ2n) is 9.38. The summed E-state index contributed by atoms with van der Waals surface area (Å²) in [6.45, 7) is 6.79. The third kappa shape index (κ3) is 5.15. The van der Waals surface area contributed by atoms with Crippen LogP contribution in [0.25, 0.3) is 10.1 Å². The molecule has 1 atom stereocenters. The van der Waals surface area contributed by atoms with Crippen LogP contribution in [0.4, 0.5) is 4.39 Å². The normalized spacial score (nSPS) is 15.9. The van der Waals surface area contributed by atoms with Crippen molar-refractivity contribution in [2.45, 2.75) is 20.3 Å². The Morgan fingerprint density at radius 3 is 2.44 bits per heavy atom. The van der Waals surface area contributed by atoms with E-state index >= 15 is 0 Å². The molecule has 1 aromatic heterocycles. The van der Waals surface area contributed by atoms with E-state index in [2.05, 4.69) is 4.90 Å². The Kier molecular flexibility index (Phi) is 7.35. The highest BCUT2D eigenvalue weighted by Crippen LogP contribution is 2.42. The number of carbonyl (C=O) groups is 1. The zero-order chi connectivity index (χ0) is 25.1. The maximum atomic E-state index is 13.7. The van der Waals surface area contributed by atoms with Gasteiger partial charge in [0.1, 0.15) is 23.0 Å². The number of hydrogen-bond donors (Lipinski definition) is 0. The van der Waals surface area contributed by atoms with Crippen molar-refractivity contribution in [1.82, 2.24) is 4.90 Å². The van der Waals surface area contributed by atoms with Gasteiger partial charge in [-0.25, -0.2) is 0 Å². The molecule has 0 N–H and O–H groups in total. The molecule has 1 aliphatic rings. The topological polar surface area (TPSA) is 38.8 Å². The van der Waals surface area contributed by atoms with Gasteiger partial charge in [-0.05, 0) is 74.3 Å². The maximum Gasteiger partial charge on any atom is 0.207 e. The summed E-state index contributed by atoms with van der Waals surface area (Å²) in [5.74, 6) is 2.14. The first-order chi connectivity index (χ1) is 17.5. The second-order valence-corrected chi connectivity index (χ2v) is 10.4. The summed E-state index contributed by atoms with van der Waals surface area (Å²) in [5, 5.41) is 0.926. The van der Waals surface area contributed by atoms with Crippen molar-refractivity contribution in [3.05, 3.63) is 88.3 Å². The van der Waals surface area contributed by atoms with Gasteiger partial charge < -0.3 is 9.47 Å². The molecular formula is C30H30FNO3S. The molecule has 186 valence electrons. The number of hydrogen-bond acceptors (Lipinski definition) is 5. The van der Waals surface area contributed by atoms with Gasteiger partial charge in [0.15, 0.2) is 5.75 Å². The molecule has 0 saturated carbocycles. The molecule has 1 aliphatic heterocycles. The van der Waals surface area contributed by atoms with E-state index in [9.17, 15) is 9.18 Å². The predicted molar refractivity (Wildman–Crippen MR) is 144 cm³/mol. The Hall–Kier alpha value is -3.22. The average Bonchev–Trinajstić information content (AvgIpc) is 3.50. The third-order valence-electron chi connectivity index (χ3n) is 6.77. The Morgan fingerprint density at radius 2 is 1.72 bits per heavy atom. The maximum absolute atomic E-state index is 13.7.